The summed E-state index contributed by atoms with van der Waals surface area (Å²) < 4.78 is 12.9. The molecular formula is C61H42N2O2. The zero-order valence-corrected chi connectivity index (χ0v) is 35.7. The second kappa shape index (κ2) is 14.1. The van der Waals surface area contributed by atoms with Crippen molar-refractivity contribution in [2.24, 2.45) is 11.8 Å². The summed E-state index contributed by atoms with van der Waals surface area (Å²) in [5.74, 6) is 2.67. The lowest BCUT2D eigenvalue weighted by molar-refractivity contribution is 0.320. The van der Waals surface area contributed by atoms with Gasteiger partial charge in [0.1, 0.15) is 11.0 Å². The summed E-state index contributed by atoms with van der Waals surface area (Å²) in [5.41, 5.74) is 13.2. The third kappa shape index (κ3) is 5.44. The van der Waals surface area contributed by atoms with Crippen molar-refractivity contribution >= 4 is 65.3 Å². The first-order valence-electron chi connectivity index (χ1n) is 23.0. The molecular weight excluding hydrogens is 793 g/mol. The Morgan fingerprint density at radius 1 is 0.369 bits per heavy atom. The van der Waals surface area contributed by atoms with Crippen LogP contribution in [0.15, 0.2) is 203 Å². The van der Waals surface area contributed by atoms with Gasteiger partial charge in [0, 0.05) is 5.41 Å². The third-order valence-electron chi connectivity index (χ3n) is 15.1. The fraction of sp³-hybridized carbons (Fsp3) is 0.115. The molecule has 0 saturated heterocycles. The van der Waals surface area contributed by atoms with Gasteiger partial charge >= 0.3 is 0 Å². The number of aromatic nitrogens is 2. The topological polar surface area (TPSA) is 52.1 Å². The minimum absolute atomic E-state index is 0.0398. The van der Waals surface area contributed by atoms with Crippen LogP contribution in [-0.2, 0) is 5.41 Å². The van der Waals surface area contributed by atoms with Crippen LogP contribution in [0.25, 0.3) is 110 Å². The quantitative estimate of drug-likeness (QED) is 0.157. The molecule has 308 valence electrons. The summed E-state index contributed by atoms with van der Waals surface area (Å²) in [6, 6.07) is 70.4. The Kier molecular flexibility index (Phi) is 7.94. The average molecular weight is 835 g/mol. The number of hydrogen-bond donors (Lipinski definition) is 0. The van der Waals surface area contributed by atoms with E-state index in [-0.39, 0.29) is 5.41 Å². The van der Waals surface area contributed by atoms with Crippen LogP contribution < -0.4 is 0 Å². The Balaban J connectivity index is 0.890. The molecule has 2 saturated carbocycles. The molecule has 2 heterocycles. The number of rotatable bonds is 6. The standard InChI is InChI=1S/C61H42N2O2/c1-5-17-47-43(13-1)55(44-14-2-6-18-48(44)57(47)59-62-51-21-9-11-23-53(51)64-59)38-26-31-40(32-27-38)61(36-37-25-30-42(61)35-37)41-33-28-39(29-34-41)56-45-15-3-7-19-49(45)58(50-20-8-4-16-46(50)56)60-63-52-22-10-12-24-54(52)65-60/h1-24,26-29,31-34,37,42H,25,30,35-36H2. The van der Waals surface area contributed by atoms with Crippen molar-refractivity contribution in [3.8, 4) is 45.2 Å². The maximum absolute atomic E-state index is 6.45. The molecule has 2 unspecified atom stereocenters. The van der Waals surface area contributed by atoms with Crippen molar-refractivity contribution in [3.63, 3.8) is 0 Å². The fourth-order valence-electron chi connectivity index (χ4n) is 12.4. The van der Waals surface area contributed by atoms with E-state index in [9.17, 15) is 0 Å². The molecule has 2 aromatic heterocycles. The van der Waals surface area contributed by atoms with E-state index in [0.717, 1.165) is 60.8 Å². The van der Waals surface area contributed by atoms with Crippen molar-refractivity contribution in [1.82, 2.24) is 9.97 Å². The van der Waals surface area contributed by atoms with Crippen molar-refractivity contribution in [1.29, 1.82) is 0 Å². The molecule has 0 radical (unpaired) electrons. The lowest BCUT2D eigenvalue weighted by atomic mass is 9.64. The SMILES string of the molecule is c1ccc2oc(-c3c4ccccc4c(-c4ccc(C5(c6ccc(-c7c8ccccc8c(-c8nc9ccccc9o8)c8ccccc78)cc6)CC6CCC5C6)cc4)c4ccccc34)nc2c1. The Labute approximate surface area is 375 Å². The summed E-state index contributed by atoms with van der Waals surface area (Å²) in [5, 5.41) is 9.36. The maximum Gasteiger partial charge on any atom is 0.228 e. The normalized spacial score (nSPS) is 16.8. The Hall–Kier alpha value is -7.82. The van der Waals surface area contributed by atoms with Crippen LogP contribution in [0.5, 0.6) is 0 Å². The van der Waals surface area contributed by atoms with E-state index in [4.69, 9.17) is 18.8 Å². The first-order valence-corrected chi connectivity index (χ1v) is 23.0. The van der Waals surface area contributed by atoms with E-state index in [2.05, 4.69) is 146 Å². The van der Waals surface area contributed by atoms with E-state index in [1.165, 1.54) is 80.6 Å². The van der Waals surface area contributed by atoms with Gasteiger partial charge in [-0.2, -0.15) is 0 Å². The molecule has 14 rings (SSSR count). The van der Waals surface area contributed by atoms with Crippen molar-refractivity contribution in [2.45, 2.75) is 31.1 Å². The van der Waals surface area contributed by atoms with E-state index >= 15 is 0 Å². The highest BCUT2D eigenvalue weighted by molar-refractivity contribution is 6.22. The lowest BCUT2D eigenvalue weighted by Crippen LogP contribution is -2.34. The smallest absolute Gasteiger partial charge is 0.228 e. The van der Waals surface area contributed by atoms with Crippen LogP contribution >= 0.6 is 0 Å². The van der Waals surface area contributed by atoms with Crippen LogP contribution in [0.1, 0.15) is 36.8 Å². The van der Waals surface area contributed by atoms with Crippen molar-refractivity contribution < 1.29 is 8.83 Å². The molecule has 65 heavy (non-hydrogen) atoms. The van der Waals surface area contributed by atoms with Crippen LogP contribution in [-0.4, -0.2) is 9.97 Å². The van der Waals surface area contributed by atoms with Crippen LogP contribution in [0.2, 0.25) is 0 Å². The van der Waals surface area contributed by atoms with Gasteiger partial charge in [-0.1, -0.05) is 176 Å². The van der Waals surface area contributed by atoms with Crippen LogP contribution in [0.4, 0.5) is 0 Å². The molecule has 10 aromatic carbocycles. The Morgan fingerprint density at radius 2 is 0.723 bits per heavy atom. The Bertz CT molecular complexity index is 3440. The Morgan fingerprint density at radius 3 is 1.06 bits per heavy atom. The van der Waals surface area contributed by atoms with Gasteiger partial charge in [0.2, 0.25) is 11.8 Å². The molecule has 2 aliphatic carbocycles. The minimum atomic E-state index is -0.0398. The third-order valence-corrected chi connectivity index (χ3v) is 15.1. The summed E-state index contributed by atoms with van der Waals surface area (Å²) in [7, 11) is 0. The zero-order valence-electron chi connectivity index (χ0n) is 35.7. The van der Waals surface area contributed by atoms with Gasteiger partial charge in [-0.05, 0) is 132 Å². The summed E-state index contributed by atoms with van der Waals surface area (Å²) >= 11 is 0. The van der Waals surface area contributed by atoms with Gasteiger partial charge < -0.3 is 8.83 Å². The largest absolute Gasteiger partial charge is 0.436 e. The van der Waals surface area contributed by atoms with E-state index < -0.39 is 0 Å². The van der Waals surface area contributed by atoms with Gasteiger partial charge in [0.15, 0.2) is 11.2 Å². The minimum Gasteiger partial charge on any atom is -0.436 e. The van der Waals surface area contributed by atoms with Gasteiger partial charge in [0.05, 0.1) is 11.1 Å². The molecule has 0 spiro atoms. The van der Waals surface area contributed by atoms with E-state index in [0.29, 0.717) is 17.7 Å². The molecule has 0 N–H and O–H groups in total. The number of nitrogens with zero attached hydrogens (tertiary/aromatic N) is 2. The van der Waals surface area contributed by atoms with Crippen LogP contribution in [0.3, 0.4) is 0 Å². The number of benzene rings is 10. The van der Waals surface area contributed by atoms with Crippen molar-refractivity contribution in [3.05, 3.63) is 205 Å². The van der Waals surface area contributed by atoms with Gasteiger partial charge in [-0.25, -0.2) is 9.97 Å². The fourth-order valence-corrected chi connectivity index (χ4v) is 12.4. The number of fused-ring (bicyclic) bond motifs is 8. The first kappa shape index (κ1) is 36.6. The second-order valence-electron chi connectivity index (χ2n) is 18.4. The highest BCUT2D eigenvalue weighted by Crippen LogP contribution is 2.60. The molecule has 4 nitrogen and oxygen atoms in total. The molecule has 2 fully saturated rings. The summed E-state index contributed by atoms with van der Waals surface area (Å²) in [6.07, 6.45) is 5.08. The molecule has 0 aliphatic heterocycles. The lowest BCUT2D eigenvalue weighted by Gasteiger charge is -2.39. The molecule has 2 aliphatic rings. The van der Waals surface area contributed by atoms with Crippen molar-refractivity contribution in [2.75, 3.05) is 0 Å². The number of para-hydroxylation sites is 4. The average Bonchev–Trinajstić information content (AvgIpc) is 4.19. The first-order chi connectivity index (χ1) is 32.2. The number of oxazole rings is 2. The van der Waals surface area contributed by atoms with E-state index in [1.54, 1.807) is 0 Å². The molecule has 12 aromatic rings. The molecule has 0 amide bonds. The highest BCUT2D eigenvalue weighted by Gasteiger charge is 2.52. The predicted octanol–water partition coefficient (Wildman–Crippen LogP) is 16.4. The number of hydrogen-bond acceptors (Lipinski definition) is 4. The summed E-state index contributed by atoms with van der Waals surface area (Å²) in [6.45, 7) is 0. The molecule has 2 bridgehead atoms. The van der Waals surface area contributed by atoms with Crippen LogP contribution in [0, 0.1) is 11.8 Å². The van der Waals surface area contributed by atoms with E-state index in [1.807, 2.05) is 48.5 Å². The van der Waals surface area contributed by atoms with Gasteiger partial charge in [-0.15, -0.1) is 0 Å². The zero-order chi connectivity index (χ0) is 42.6. The van der Waals surface area contributed by atoms with Gasteiger partial charge in [-0.3, -0.25) is 0 Å². The predicted molar refractivity (Wildman–Crippen MR) is 266 cm³/mol. The van der Waals surface area contributed by atoms with Gasteiger partial charge in [0.25, 0.3) is 0 Å². The maximum atomic E-state index is 6.45. The monoisotopic (exact) mass is 834 g/mol. The molecule has 4 heteroatoms. The summed E-state index contributed by atoms with van der Waals surface area (Å²) in [4.78, 5) is 9.99. The highest BCUT2D eigenvalue weighted by atomic mass is 16.4. The molecule has 2 atom stereocenters. The second-order valence-corrected chi connectivity index (χ2v) is 18.4.